The fourth-order valence-corrected chi connectivity index (χ4v) is 1.75. The number of furan rings is 1. The summed E-state index contributed by atoms with van der Waals surface area (Å²) < 4.78 is 5.40. The summed E-state index contributed by atoms with van der Waals surface area (Å²) in [7, 11) is 0. The topological polar surface area (TPSA) is 45.4 Å². The van der Waals surface area contributed by atoms with Crippen molar-refractivity contribution in [2.45, 2.75) is 25.9 Å². The second-order valence-corrected chi connectivity index (χ2v) is 3.94. The number of hydrogen-bond donors (Lipinski definition) is 2. The zero-order valence-corrected chi connectivity index (χ0v) is 8.05. The van der Waals surface area contributed by atoms with Gasteiger partial charge in [-0.05, 0) is 25.5 Å². The standard InChI is InChI=1S/C10H15NO2/c1-7-3-9(8(2)13-7)4-10(12)5-11-6-10/h3,11-12H,4-6H2,1-2H3. The van der Waals surface area contributed by atoms with Crippen LogP contribution >= 0.6 is 0 Å². The molecule has 1 aromatic rings. The number of nitrogens with one attached hydrogen (secondary N) is 1. The largest absolute Gasteiger partial charge is 0.466 e. The van der Waals surface area contributed by atoms with Gasteiger partial charge in [-0.1, -0.05) is 0 Å². The third kappa shape index (κ3) is 1.62. The van der Waals surface area contributed by atoms with E-state index < -0.39 is 5.60 Å². The van der Waals surface area contributed by atoms with Gasteiger partial charge in [0.2, 0.25) is 0 Å². The molecule has 3 heteroatoms. The number of aryl methyl sites for hydroxylation is 2. The number of hydrogen-bond acceptors (Lipinski definition) is 3. The summed E-state index contributed by atoms with van der Waals surface area (Å²) in [4.78, 5) is 0. The Kier molecular flexibility index (Phi) is 1.93. The zero-order valence-electron chi connectivity index (χ0n) is 8.05. The second kappa shape index (κ2) is 2.86. The molecule has 0 aromatic carbocycles. The molecule has 0 aliphatic carbocycles. The highest BCUT2D eigenvalue weighted by molar-refractivity contribution is 5.23. The molecule has 0 amide bonds. The van der Waals surface area contributed by atoms with Crippen molar-refractivity contribution in [2.75, 3.05) is 13.1 Å². The van der Waals surface area contributed by atoms with Crippen LogP contribution in [-0.2, 0) is 6.42 Å². The van der Waals surface area contributed by atoms with E-state index >= 15 is 0 Å². The molecule has 2 N–H and O–H groups in total. The molecule has 2 heterocycles. The quantitative estimate of drug-likeness (QED) is 0.708. The van der Waals surface area contributed by atoms with Crippen molar-refractivity contribution in [1.29, 1.82) is 0 Å². The molecule has 1 saturated heterocycles. The third-order valence-corrected chi connectivity index (χ3v) is 2.57. The lowest BCUT2D eigenvalue weighted by atomic mass is 9.89. The lowest BCUT2D eigenvalue weighted by molar-refractivity contribution is -0.00929. The van der Waals surface area contributed by atoms with Gasteiger partial charge >= 0.3 is 0 Å². The minimum atomic E-state index is -0.541. The average Bonchev–Trinajstić information content (AvgIpc) is 2.27. The van der Waals surface area contributed by atoms with Crippen LogP contribution in [-0.4, -0.2) is 23.8 Å². The Balaban J connectivity index is 2.12. The van der Waals surface area contributed by atoms with Crippen molar-refractivity contribution in [3.8, 4) is 0 Å². The first kappa shape index (κ1) is 8.78. The first-order valence-electron chi connectivity index (χ1n) is 4.58. The highest BCUT2D eigenvalue weighted by Crippen LogP contribution is 2.22. The summed E-state index contributed by atoms with van der Waals surface area (Å²) in [5.74, 6) is 1.85. The Morgan fingerprint density at radius 1 is 1.54 bits per heavy atom. The lowest BCUT2D eigenvalue weighted by Gasteiger charge is -2.37. The van der Waals surface area contributed by atoms with Crippen molar-refractivity contribution in [3.63, 3.8) is 0 Å². The first-order valence-corrected chi connectivity index (χ1v) is 4.58. The van der Waals surface area contributed by atoms with E-state index in [4.69, 9.17) is 4.42 Å². The maximum absolute atomic E-state index is 9.89. The molecule has 1 fully saturated rings. The summed E-state index contributed by atoms with van der Waals surface area (Å²) >= 11 is 0. The van der Waals surface area contributed by atoms with Crippen LogP contribution in [0, 0.1) is 13.8 Å². The van der Waals surface area contributed by atoms with Gasteiger partial charge in [0.25, 0.3) is 0 Å². The van der Waals surface area contributed by atoms with E-state index in [0.717, 1.165) is 17.1 Å². The summed E-state index contributed by atoms with van der Waals surface area (Å²) in [6, 6.07) is 2.01. The van der Waals surface area contributed by atoms with Crippen LogP contribution in [0.15, 0.2) is 10.5 Å². The summed E-state index contributed by atoms with van der Waals surface area (Å²) in [5.41, 5.74) is 0.586. The molecule has 0 unspecified atom stereocenters. The highest BCUT2D eigenvalue weighted by atomic mass is 16.3. The first-order chi connectivity index (χ1) is 6.09. The van der Waals surface area contributed by atoms with Crippen molar-refractivity contribution in [1.82, 2.24) is 5.32 Å². The molecule has 1 aromatic heterocycles. The fourth-order valence-electron chi connectivity index (χ4n) is 1.75. The zero-order chi connectivity index (χ0) is 9.47. The van der Waals surface area contributed by atoms with Gasteiger partial charge < -0.3 is 14.8 Å². The SMILES string of the molecule is Cc1cc(CC2(O)CNC2)c(C)o1. The Bertz CT molecular complexity index is 313. The molecule has 72 valence electrons. The predicted molar refractivity (Wildman–Crippen MR) is 49.7 cm³/mol. The normalized spacial score (nSPS) is 19.9. The van der Waals surface area contributed by atoms with Crippen molar-refractivity contribution < 1.29 is 9.52 Å². The van der Waals surface area contributed by atoms with E-state index in [-0.39, 0.29) is 0 Å². The van der Waals surface area contributed by atoms with Crippen LogP contribution in [0.25, 0.3) is 0 Å². The van der Waals surface area contributed by atoms with Gasteiger partial charge in [0.05, 0.1) is 5.60 Å². The molecule has 13 heavy (non-hydrogen) atoms. The summed E-state index contributed by atoms with van der Waals surface area (Å²) in [5, 5.41) is 13.0. The van der Waals surface area contributed by atoms with Crippen LogP contribution in [0.5, 0.6) is 0 Å². The fraction of sp³-hybridized carbons (Fsp3) is 0.600. The Hall–Kier alpha value is -0.800. The minimum absolute atomic E-state index is 0.541. The third-order valence-electron chi connectivity index (χ3n) is 2.57. The maximum atomic E-state index is 9.89. The molecule has 1 aliphatic heterocycles. The smallest absolute Gasteiger partial charge is 0.104 e. The van der Waals surface area contributed by atoms with Crippen LogP contribution in [0.1, 0.15) is 17.1 Å². The Labute approximate surface area is 77.8 Å². The minimum Gasteiger partial charge on any atom is -0.466 e. The predicted octanol–water partition coefficient (Wildman–Crippen LogP) is 0.773. The van der Waals surface area contributed by atoms with E-state index in [9.17, 15) is 5.11 Å². The van der Waals surface area contributed by atoms with E-state index in [1.165, 1.54) is 0 Å². The van der Waals surface area contributed by atoms with E-state index in [2.05, 4.69) is 5.32 Å². The average molecular weight is 181 g/mol. The molecule has 0 spiro atoms. The Morgan fingerprint density at radius 2 is 2.23 bits per heavy atom. The van der Waals surface area contributed by atoms with Gasteiger partial charge in [0, 0.05) is 19.5 Å². The number of rotatable bonds is 2. The maximum Gasteiger partial charge on any atom is 0.104 e. The molecule has 0 bridgehead atoms. The van der Waals surface area contributed by atoms with Gasteiger partial charge in [0.15, 0.2) is 0 Å². The van der Waals surface area contributed by atoms with Crippen molar-refractivity contribution >= 4 is 0 Å². The molecule has 1 aliphatic rings. The van der Waals surface area contributed by atoms with E-state index in [1.54, 1.807) is 0 Å². The molecule has 2 rings (SSSR count). The van der Waals surface area contributed by atoms with Gasteiger partial charge in [-0.25, -0.2) is 0 Å². The van der Waals surface area contributed by atoms with E-state index in [1.807, 2.05) is 19.9 Å². The molecule has 0 radical (unpaired) electrons. The molecular formula is C10H15NO2. The molecule has 0 saturated carbocycles. The van der Waals surface area contributed by atoms with Crippen LogP contribution in [0.3, 0.4) is 0 Å². The van der Waals surface area contributed by atoms with Gasteiger partial charge in [0.1, 0.15) is 11.5 Å². The van der Waals surface area contributed by atoms with Gasteiger partial charge in [-0.2, -0.15) is 0 Å². The molecule has 0 atom stereocenters. The second-order valence-electron chi connectivity index (χ2n) is 3.94. The number of aliphatic hydroxyl groups is 1. The van der Waals surface area contributed by atoms with E-state index in [0.29, 0.717) is 19.5 Å². The molecular weight excluding hydrogens is 166 g/mol. The monoisotopic (exact) mass is 181 g/mol. The van der Waals surface area contributed by atoms with Crippen molar-refractivity contribution in [2.24, 2.45) is 0 Å². The number of β-amino-alcohol motifs (C(OH)–C–C–N with tert-alkyl or cyclic N) is 1. The molecule has 3 nitrogen and oxygen atoms in total. The van der Waals surface area contributed by atoms with Gasteiger partial charge in [-0.3, -0.25) is 0 Å². The summed E-state index contributed by atoms with van der Waals surface area (Å²) in [6.07, 6.45) is 0.698. The van der Waals surface area contributed by atoms with Crippen LogP contribution in [0.4, 0.5) is 0 Å². The van der Waals surface area contributed by atoms with Crippen molar-refractivity contribution in [3.05, 3.63) is 23.2 Å². The lowest BCUT2D eigenvalue weighted by Crippen LogP contribution is -2.60. The van der Waals surface area contributed by atoms with Crippen LogP contribution < -0.4 is 5.32 Å². The van der Waals surface area contributed by atoms with Gasteiger partial charge in [-0.15, -0.1) is 0 Å². The highest BCUT2D eigenvalue weighted by Gasteiger charge is 2.35. The Morgan fingerprint density at radius 3 is 2.62 bits per heavy atom. The van der Waals surface area contributed by atoms with Crippen LogP contribution in [0.2, 0.25) is 0 Å². The summed E-state index contributed by atoms with van der Waals surface area (Å²) in [6.45, 7) is 5.25.